The molecule has 1 heterocycles. The molecule has 0 aliphatic carbocycles. The fourth-order valence-electron chi connectivity index (χ4n) is 1.11. The highest BCUT2D eigenvalue weighted by atomic mass is 79.9. The molecule has 5 nitrogen and oxygen atoms in total. The van der Waals surface area contributed by atoms with Crippen molar-refractivity contribution in [3.05, 3.63) is 27.0 Å². The molecule has 0 aromatic carbocycles. The molecule has 0 aliphatic heterocycles. The third-order valence-corrected chi connectivity index (χ3v) is 3.02. The highest BCUT2D eigenvalue weighted by Crippen LogP contribution is 2.33. The van der Waals surface area contributed by atoms with Crippen molar-refractivity contribution in [2.45, 2.75) is 32.7 Å². The zero-order chi connectivity index (χ0) is 12.3. The number of nitrogens with zero attached hydrogens (tertiary/aromatic N) is 2. The predicted octanol–water partition coefficient (Wildman–Crippen LogP) is 3.35. The van der Waals surface area contributed by atoms with Crippen LogP contribution in [0.3, 0.4) is 0 Å². The summed E-state index contributed by atoms with van der Waals surface area (Å²) in [5.41, 5.74) is 0.261. The Morgan fingerprint density at radius 1 is 1.56 bits per heavy atom. The summed E-state index contributed by atoms with van der Waals surface area (Å²) >= 11 is 3.27. The minimum absolute atomic E-state index is 0.0177. The molecule has 1 rings (SSSR count). The first-order chi connectivity index (χ1) is 7.37. The van der Waals surface area contributed by atoms with Gasteiger partial charge in [0, 0.05) is 11.7 Å². The van der Waals surface area contributed by atoms with Gasteiger partial charge in [-0.3, -0.25) is 15.1 Å². The van der Waals surface area contributed by atoms with Gasteiger partial charge in [0.05, 0.1) is 9.40 Å². The van der Waals surface area contributed by atoms with Crippen LogP contribution in [0.1, 0.15) is 27.2 Å². The Hall–Kier alpha value is -1.17. The minimum atomic E-state index is -0.439. The van der Waals surface area contributed by atoms with Gasteiger partial charge in [-0.15, -0.1) is 0 Å². The first-order valence-electron chi connectivity index (χ1n) is 4.93. The number of nitro groups is 1. The van der Waals surface area contributed by atoms with Gasteiger partial charge in [-0.25, -0.2) is 0 Å². The summed E-state index contributed by atoms with van der Waals surface area (Å²) in [7, 11) is 0. The summed E-state index contributed by atoms with van der Waals surface area (Å²) in [4.78, 5) is 14.2. The van der Waals surface area contributed by atoms with E-state index in [4.69, 9.17) is 0 Å². The fraction of sp³-hybridized carbons (Fsp3) is 0.500. The normalized spacial score (nSPS) is 11.2. The third-order valence-electron chi connectivity index (χ3n) is 2.42. The van der Waals surface area contributed by atoms with E-state index < -0.39 is 4.92 Å². The second-order valence-electron chi connectivity index (χ2n) is 4.13. The molecular weight excluding hydrogens is 274 g/mol. The number of pyridine rings is 1. The van der Waals surface area contributed by atoms with Crippen molar-refractivity contribution in [3.63, 3.8) is 0 Å². The molecule has 0 amide bonds. The summed E-state index contributed by atoms with van der Waals surface area (Å²) < 4.78 is 0.600. The summed E-state index contributed by atoms with van der Waals surface area (Å²) in [6.45, 7) is 6.00. The van der Waals surface area contributed by atoms with Crippen LogP contribution >= 0.6 is 15.9 Å². The Labute approximate surface area is 103 Å². The topological polar surface area (TPSA) is 68.1 Å². The molecule has 0 saturated heterocycles. The summed E-state index contributed by atoms with van der Waals surface area (Å²) in [6.07, 6.45) is 3.65. The van der Waals surface area contributed by atoms with Crippen LogP contribution in [0.5, 0.6) is 0 Å². The maximum atomic E-state index is 10.9. The zero-order valence-corrected chi connectivity index (χ0v) is 11.0. The third kappa shape index (κ3) is 2.91. The lowest BCUT2D eigenvalue weighted by Crippen LogP contribution is -2.30. The molecule has 16 heavy (non-hydrogen) atoms. The second kappa shape index (κ2) is 4.78. The van der Waals surface area contributed by atoms with E-state index in [2.05, 4.69) is 26.2 Å². The number of aromatic nitrogens is 1. The van der Waals surface area contributed by atoms with E-state index >= 15 is 0 Å². The Morgan fingerprint density at radius 3 is 2.69 bits per heavy atom. The Morgan fingerprint density at radius 2 is 2.19 bits per heavy atom. The maximum Gasteiger partial charge on any atom is 0.311 e. The van der Waals surface area contributed by atoms with Crippen molar-refractivity contribution in [2.24, 2.45) is 0 Å². The molecule has 0 bridgehead atoms. The maximum absolute atomic E-state index is 10.9. The van der Waals surface area contributed by atoms with Crippen molar-refractivity contribution in [1.82, 2.24) is 4.98 Å². The molecule has 88 valence electrons. The van der Waals surface area contributed by atoms with E-state index in [0.29, 0.717) is 10.2 Å². The van der Waals surface area contributed by atoms with Gasteiger partial charge in [0.1, 0.15) is 11.9 Å². The molecule has 1 aromatic rings. The highest BCUT2D eigenvalue weighted by Gasteiger charge is 2.23. The lowest BCUT2D eigenvalue weighted by atomic mass is 10.0. The number of hydrogen-bond donors (Lipinski definition) is 1. The van der Waals surface area contributed by atoms with Gasteiger partial charge in [-0.05, 0) is 36.2 Å². The molecule has 0 saturated carbocycles. The van der Waals surface area contributed by atoms with Crippen LogP contribution in [0.15, 0.2) is 16.9 Å². The molecule has 0 aliphatic rings. The van der Waals surface area contributed by atoms with Gasteiger partial charge in [0.2, 0.25) is 0 Å². The molecule has 0 atom stereocenters. The largest absolute Gasteiger partial charge is 0.374 e. The van der Waals surface area contributed by atoms with Crippen molar-refractivity contribution < 1.29 is 4.92 Å². The lowest BCUT2D eigenvalue weighted by Gasteiger charge is -2.26. The highest BCUT2D eigenvalue weighted by molar-refractivity contribution is 9.10. The standard InChI is InChI=1S/C10H14BrN3O2/c1-4-10(2,3)13-9-7(11)5-12-6-8(9)14(15)16/h5-6H,4H2,1-3H3,(H,12,13). The Balaban J connectivity index is 3.16. The number of nitrogens with one attached hydrogen (secondary N) is 1. The predicted molar refractivity (Wildman–Crippen MR) is 66.6 cm³/mol. The van der Waals surface area contributed by atoms with E-state index in [-0.39, 0.29) is 11.2 Å². The first kappa shape index (κ1) is 12.9. The Bertz CT molecular complexity index is 407. The van der Waals surface area contributed by atoms with Crippen LogP contribution in [0, 0.1) is 10.1 Å². The molecule has 6 heteroatoms. The quantitative estimate of drug-likeness (QED) is 0.681. The number of anilines is 1. The van der Waals surface area contributed by atoms with Crippen LogP contribution in [0.2, 0.25) is 0 Å². The smallest absolute Gasteiger partial charge is 0.311 e. The number of rotatable bonds is 4. The second-order valence-corrected chi connectivity index (χ2v) is 4.99. The fourth-order valence-corrected chi connectivity index (χ4v) is 1.53. The Kier molecular flexibility index (Phi) is 3.85. The van der Waals surface area contributed by atoms with Gasteiger partial charge in [-0.1, -0.05) is 6.92 Å². The summed E-state index contributed by atoms with van der Waals surface area (Å²) in [5.74, 6) is 0. The monoisotopic (exact) mass is 287 g/mol. The SMILES string of the molecule is CCC(C)(C)Nc1c(Br)cncc1[N+](=O)[O-]. The van der Waals surface area contributed by atoms with Gasteiger partial charge in [0.15, 0.2) is 0 Å². The van der Waals surface area contributed by atoms with Gasteiger partial charge in [0.25, 0.3) is 0 Å². The zero-order valence-electron chi connectivity index (χ0n) is 9.45. The van der Waals surface area contributed by atoms with E-state index in [9.17, 15) is 10.1 Å². The average Bonchev–Trinajstić information content (AvgIpc) is 2.20. The molecule has 0 fully saturated rings. The van der Waals surface area contributed by atoms with Crippen molar-refractivity contribution in [3.8, 4) is 0 Å². The lowest BCUT2D eigenvalue weighted by molar-refractivity contribution is -0.384. The van der Waals surface area contributed by atoms with Gasteiger partial charge >= 0.3 is 5.69 Å². The van der Waals surface area contributed by atoms with Crippen molar-refractivity contribution in [1.29, 1.82) is 0 Å². The van der Waals surface area contributed by atoms with Crippen LogP contribution in [0.4, 0.5) is 11.4 Å². The molecule has 0 spiro atoms. The molecular formula is C10H14BrN3O2. The molecule has 1 aromatic heterocycles. The van der Waals surface area contributed by atoms with Crippen molar-refractivity contribution >= 4 is 27.3 Å². The van der Waals surface area contributed by atoms with Crippen molar-refractivity contribution in [2.75, 3.05) is 5.32 Å². The van der Waals surface area contributed by atoms with E-state index in [0.717, 1.165) is 6.42 Å². The van der Waals surface area contributed by atoms with Crippen LogP contribution in [-0.2, 0) is 0 Å². The molecule has 1 N–H and O–H groups in total. The summed E-state index contributed by atoms with van der Waals surface area (Å²) in [6, 6.07) is 0. The van der Waals surface area contributed by atoms with Crippen LogP contribution in [-0.4, -0.2) is 15.4 Å². The summed E-state index contributed by atoms with van der Waals surface area (Å²) in [5, 5.41) is 14.0. The average molecular weight is 288 g/mol. The minimum Gasteiger partial charge on any atom is -0.374 e. The van der Waals surface area contributed by atoms with Gasteiger partial charge < -0.3 is 5.32 Å². The molecule has 0 radical (unpaired) electrons. The molecule has 0 unspecified atom stereocenters. The first-order valence-corrected chi connectivity index (χ1v) is 5.73. The van der Waals surface area contributed by atoms with E-state index in [1.54, 1.807) is 6.20 Å². The van der Waals surface area contributed by atoms with E-state index in [1.807, 2.05) is 20.8 Å². The van der Waals surface area contributed by atoms with Crippen LogP contribution < -0.4 is 5.32 Å². The number of halogens is 1. The van der Waals surface area contributed by atoms with Crippen LogP contribution in [0.25, 0.3) is 0 Å². The van der Waals surface area contributed by atoms with Gasteiger partial charge in [-0.2, -0.15) is 0 Å². The van der Waals surface area contributed by atoms with E-state index in [1.165, 1.54) is 6.20 Å². The number of hydrogen-bond acceptors (Lipinski definition) is 4.